The molecule has 138 valence electrons. The Balaban J connectivity index is 1.46. The lowest BCUT2D eigenvalue weighted by Crippen LogP contribution is -2.50. The van der Waals surface area contributed by atoms with Crippen molar-refractivity contribution in [1.82, 2.24) is 9.80 Å². The summed E-state index contributed by atoms with van der Waals surface area (Å²) in [4.78, 5) is 39.7. The molecule has 26 heavy (non-hydrogen) atoms. The number of nitrogens with zero attached hydrogens (tertiary/aromatic N) is 3. The average molecular weight is 357 g/mol. The third-order valence-electron chi connectivity index (χ3n) is 6.07. The second-order valence-corrected chi connectivity index (χ2v) is 7.53. The number of benzene rings is 1. The van der Waals surface area contributed by atoms with Crippen LogP contribution in [0.1, 0.15) is 65.7 Å². The summed E-state index contributed by atoms with van der Waals surface area (Å²) in [5, 5.41) is 10.9. The van der Waals surface area contributed by atoms with Gasteiger partial charge in [-0.05, 0) is 31.7 Å². The van der Waals surface area contributed by atoms with Crippen molar-refractivity contribution in [1.29, 1.82) is 0 Å². The number of nitro groups is 1. The van der Waals surface area contributed by atoms with Gasteiger partial charge in [0, 0.05) is 37.3 Å². The van der Waals surface area contributed by atoms with Gasteiger partial charge in [0.2, 0.25) is 0 Å². The molecular weight excluding hydrogens is 334 g/mol. The Hall–Kier alpha value is -2.28. The van der Waals surface area contributed by atoms with Crippen LogP contribution < -0.4 is 0 Å². The molecule has 0 aromatic heterocycles. The second-order valence-electron chi connectivity index (χ2n) is 7.53. The van der Waals surface area contributed by atoms with Crippen LogP contribution in [-0.2, 0) is 0 Å². The fourth-order valence-corrected chi connectivity index (χ4v) is 4.65. The van der Waals surface area contributed by atoms with Crippen LogP contribution in [0, 0.1) is 10.1 Å². The Morgan fingerprint density at radius 2 is 1.54 bits per heavy atom. The van der Waals surface area contributed by atoms with Crippen LogP contribution in [0.4, 0.5) is 5.69 Å². The summed E-state index contributed by atoms with van der Waals surface area (Å²) in [5.74, 6) is -0.694. The van der Waals surface area contributed by atoms with E-state index in [0.717, 1.165) is 25.9 Å². The minimum absolute atomic E-state index is 0.110. The Morgan fingerprint density at radius 1 is 0.885 bits per heavy atom. The molecule has 1 saturated heterocycles. The highest BCUT2D eigenvalue weighted by Gasteiger charge is 2.42. The standard InChI is InChI=1S/C19H23N3O4/c23-18-16-7-6-15(22(25)26)12-17(16)19(24)21(18)14-8-10-20(11-9-14)13-4-2-1-3-5-13/h6-7,12-14H,1-5,8-11H2. The van der Waals surface area contributed by atoms with E-state index in [2.05, 4.69) is 4.90 Å². The maximum Gasteiger partial charge on any atom is 0.270 e. The smallest absolute Gasteiger partial charge is 0.270 e. The molecular formula is C19H23N3O4. The van der Waals surface area contributed by atoms with Crippen LogP contribution in [0.3, 0.4) is 0 Å². The van der Waals surface area contributed by atoms with Gasteiger partial charge in [-0.3, -0.25) is 24.6 Å². The topological polar surface area (TPSA) is 83.8 Å². The zero-order chi connectivity index (χ0) is 18.3. The van der Waals surface area contributed by atoms with Crippen molar-refractivity contribution in [2.24, 2.45) is 0 Å². The van der Waals surface area contributed by atoms with Gasteiger partial charge >= 0.3 is 0 Å². The lowest BCUT2D eigenvalue weighted by Gasteiger charge is -2.41. The molecule has 0 spiro atoms. The maximum atomic E-state index is 12.7. The van der Waals surface area contributed by atoms with Gasteiger partial charge in [-0.25, -0.2) is 0 Å². The van der Waals surface area contributed by atoms with Gasteiger partial charge in [0.15, 0.2) is 0 Å². The molecule has 1 aromatic carbocycles. The Bertz CT molecular complexity index is 749. The molecule has 0 radical (unpaired) electrons. The van der Waals surface area contributed by atoms with Gasteiger partial charge in [-0.1, -0.05) is 19.3 Å². The van der Waals surface area contributed by atoms with E-state index in [1.807, 2.05) is 0 Å². The van der Waals surface area contributed by atoms with E-state index >= 15 is 0 Å². The van der Waals surface area contributed by atoms with E-state index in [1.54, 1.807) is 0 Å². The van der Waals surface area contributed by atoms with Crippen LogP contribution >= 0.6 is 0 Å². The number of nitro benzene ring substituents is 1. The van der Waals surface area contributed by atoms with Gasteiger partial charge < -0.3 is 4.90 Å². The van der Waals surface area contributed by atoms with Gasteiger partial charge in [0.1, 0.15) is 0 Å². The molecule has 2 fully saturated rings. The monoisotopic (exact) mass is 357 g/mol. The third kappa shape index (κ3) is 2.90. The first-order chi connectivity index (χ1) is 12.6. The Labute approximate surface area is 152 Å². The van der Waals surface area contributed by atoms with Crippen LogP contribution in [-0.4, -0.2) is 51.7 Å². The number of hydrogen-bond acceptors (Lipinski definition) is 5. The van der Waals surface area contributed by atoms with Crippen molar-refractivity contribution in [2.45, 2.75) is 57.0 Å². The summed E-state index contributed by atoms with van der Waals surface area (Å²) in [5.41, 5.74) is 0.299. The SMILES string of the molecule is O=C1c2ccc([N+](=O)[O-])cc2C(=O)N1C1CCN(C2CCCCC2)CC1. The maximum absolute atomic E-state index is 12.7. The zero-order valence-corrected chi connectivity index (χ0v) is 14.7. The fourth-order valence-electron chi connectivity index (χ4n) is 4.65. The number of non-ortho nitro benzene ring substituents is 1. The van der Waals surface area contributed by atoms with Gasteiger partial charge in [-0.15, -0.1) is 0 Å². The van der Waals surface area contributed by atoms with E-state index in [0.29, 0.717) is 6.04 Å². The molecule has 2 aliphatic heterocycles. The van der Waals surface area contributed by atoms with Gasteiger partial charge in [0.05, 0.1) is 16.1 Å². The molecule has 7 nitrogen and oxygen atoms in total. The predicted molar refractivity (Wildman–Crippen MR) is 95.1 cm³/mol. The molecule has 0 bridgehead atoms. The summed E-state index contributed by atoms with van der Waals surface area (Å²) in [7, 11) is 0. The summed E-state index contributed by atoms with van der Waals surface area (Å²) in [6.45, 7) is 1.81. The van der Waals surface area contributed by atoms with Crippen molar-refractivity contribution in [3.8, 4) is 0 Å². The summed E-state index contributed by atoms with van der Waals surface area (Å²) in [6.07, 6.45) is 7.98. The highest BCUT2D eigenvalue weighted by Crippen LogP contribution is 2.32. The molecule has 4 rings (SSSR count). The molecule has 1 aliphatic carbocycles. The van der Waals surface area contributed by atoms with Crippen LogP contribution in [0.5, 0.6) is 0 Å². The largest absolute Gasteiger partial charge is 0.300 e. The highest BCUT2D eigenvalue weighted by atomic mass is 16.6. The van der Waals surface area contributed by atoms with Crippen LogP contribution in [0.25, 0.3) is 0 Å². The number of fused-ring (bicyclic) bond motifs is 1. The van der Waals surface area contributed by atoms with E-state index in [-0.39, 0.29) is 34.7 Å². The molecule has 2 amide bonds. The van der Waals surface area contributed by atoms with Crippen molar-refractivity contribution < 1.29 is 14.5 Å². The Morgan fingerprint density at radius 3 is 2.19 bits per heavy atom. The molecule has 0 unspecified atom stereocenters. The Kier molecular flexibility index (Phi) is 4.48. The number of carbonyl (C=O) groups is 2. The molecule has 0 atom stereocenters. The first kappa shape index (κ1) is 17.1. The number of piperidine rings is 1. The molecule has 2 heterocycles. The minimum atomic E-state index is -0.538. The van der Waals surface area contributed by atoms with Crippen molar-refractivity contribution in [3.05, 3.63) is 39.4 Å². The fraction of sp³-hybridized carbons (Fsp3) is 0.579. The molecule has 3 aliphatic rings. The minimum Gasteiger partial charge on any atom is -0.300 e. The van der Waals surface area contributed by atoms with Crippen molar-refractivity contribution in [2.75, 3.05) is 13.1 Å². The van der Waals surface area contributed by atoms with Gasteiger partial charge in [0.25, 0.3) is 17.5 Å². The molecule has 7 heteroatoms. The van der Waals surface area contributed by atoms with Crippen LogP contribution in [0.15, 0.2) is 18.2 Å². The zero-order valence-electron chi connectivity index (χ0n) is 14.7. The molecule has 1 aromatic rings. The predicted octanol–water partition coefficient (Wildman–Crippen LogP) is 2.99. The first-order valence-electron chi connectivity index (χ1n) is 9.46. The summed E-state index contributed by atoms with van der Waals surface area (Å²) < 4.78 is 0. The van der Waals surface area contributed by atoms with E-state index < -0.39 is 4.92 Å². The van der Waals surface area contributed by atoms with E-state index in [9.17, 15) is 19.7 Å². The third-order valence-corrected chi connectivity index (χ3v) is 6.07. The summed E-state index contributed by atoms with van der Waals surface area (Å²) in [6, 6.07) is 4.47. The number of rotatable bonds is 3. The molecule has 1 saturated carbocycles. The van der Waals surface area contributed by atoms with E-state index in [4.69, 9.17) is 0 Å². The number of carbonyl (C=O) groups excluding carboxylic acids is 2. The lowest BCUT2D eigenvalue weighted by atomic mass is 9.92. The normalized spacial score (nSPS) is 22.7. The molecule has 0 N–H and O–H groups in total. The number of hydrogen-bond donors (Lipinski definition) is 0. The first-order valence-corrected chi connectivity index (χ1v) is 9.46. The van der Waals surface area contributed by atoms with Gasteiger partial charge in [-0.2, -0.15) is 0 Å². The number of likely N-dealkylation sites (tertiary alicyclic amines) is 1. The highest BCUT2D eigenvalue weighted by molar-refractivity contribution is 6.21. The number of imide groups is 1. The second kappa shape index (κ2) is 6.79. The van der Waals surface area contributed by atoms with E-state index in [1.165, 1.54) is 55.2 Å². The van der Waals surface area contributed by atoms with Crippen LogP contribution in [0.2, 0.25) is 0 Å². The van der Waals surface area contributed by atoms with Crippen molar-refractivity contribution in [3.63, 3.8) is 0 Å². The lowest BCUT2D eigenvalue weighted by molar-refractivity contribution is -0.384. The number of amides is 2. The summed E-state index contributed by atoms with van der Waals surface area (Å²) >= 11 is 0. The quantitative estimate of drug-likeness (QED) is 0.472. The average Bonchev–Trinajstić information content (AvgIpc) is 2.93. The van der Waals surface area contributed by atoms with Crippen molar-refractivity contribution >= 4 is 17.5 Å².